The number of imide groups is 2. The first-order chi connectivity index (χ1) is 25.5. The average Bonchev–Trinajstić information content (AvgIpc) is 3.12. The molecule has 6 heteroatoms. The van der Waals surface area contributed by atoms with Crippen LogP contribution in [0.5, 0.6) is 0 Å². The zero-order valence-corrected chi connectivity index (χ0v) is 34.4. The van der Waals surface area contributed by atoms with Gasteiger partial charge in [0.1, 0.15) is 0 Å². The van der Waals surface area contributed by atoms with Crippen LogP contribution < -0.4 is 10.6 Å². The van der Waals surface area contributed by atoms with E-state index in [1.165, 1.54) is 116 Å². The van der Waals surface area contributed by atoms with Gasteiger partial charge in [-0.25, -0.2) is 0 Å². The predicted molar refractivity (Wildman–Crippen MR) is 222 cm³/mol. The summed E-state index contributed by atoms with van der Waals surface area (Å²) in [6.07, 6.45) is 48.3. The number of allylic oxidation sites excluding steroid dienone is 4. The Morgan fingerprint density at radius 2 is 0.481 bits per heavy atom. The molecule has 0 saturated heterocycles. The number of rotatable bonds is 39. The van der Waals surface area contributed by atoms with Crippen molar-refractivity contribution in [3.63, 3.8) is 0 Å². The summed E-state index contributed by atoms with van der Waals surface area (Å²) < 4.78 is 0. The first kappa shape index (κ1) is 49.8. The van der Waals surface area contributed by atoms with Gasteiger partial charge in [-0.15, -0.1) is 0 Å². The van der Waals surface area contributed by atoms with Crippen LogP contribution in [-0.4, -0.2) is 23.6 Å². The van der Waals surface area contributed by atoms with E-state index in [0.29, 0.717) is 25.7 Å². The van der Waals surface area contributed by atoms with E-state index in [1.54, 1.807) is 0 Å². The van der Waals surface area contributed by atoms with E-state index >= 15 is 0 Å². The lowest BCUT2D eigenvalue weighted by molar-refractivity contribution is -0.132. The molecule has 2 N–H and O–H groups in total. The molecule has 0 aliphatic carbocycles. The molecule has 0 heterocycles. The summed E-state index contributed by atoms with van der Waals surface area (Å²) in [6, 6.07) is 0. The Morgan fingerprint density at radius 3 is 0.712 bits per heavy atom. The molecular weight excluding hydrogens is 645 g/mol. The molecule has 4 amide bonds. The van der Waals surface area contributed by atoms with Gasteiger partial charge in [-0.2, -0.15) is 0 Å². The summed E-state index contributed by atoms with van der Waals surface area (Å²) in [7, 11) is 0. The number of carbonyl (C=O) groups excluding carboxylic acids is 4. The van der Waals surface area contributed by atoms with Crippen molar-refractivity contribution in [2.45, 2.75) is 245 Å². The Bertz CT molecular complexity index is 825. The van der Waals surface area contributed by atoms with Gasteiger partial charge in [-0.1, -0.05) is 167 Å². The fourth-order valence-electron chi connectivity index (χ4n) is 6.55. The van der Waals surface area contributed by atoms with Crippen LogP contribution in [0, 0.1) is 0 Å². The average molecular weight is 729 g/mol. The number of amides is 4. The van der Waals surface area contributed by atoms with E-state index in [1.807, 2.05) is 0 Å². The molecule has 0 aliphatic heterocycles. The van der Waals surface area contributed by atoms with Crippen molar-refractivity contribution in [3.05, 3.63) is 24.3 Å². The molecule has 0 aliphatic rings. The second-order valence-corrected chi connectivity index (χ2v) is 15.2. The van der Waals surface area contributed by atoms with Crippen LogP contribution in [-0.2, 0) is 19.2 Å². The molecule has 0 aromatic carbocycles. The highest BCUT2D eigenvalue weighted by molar-refractivity contribution is 5.95. The summed E-state index contributed by atoms with van der Waals surface area (Å²) >= 11 is 0. The SMILES string of the molecule is CCCCCCCC/C=C\CCCCCCCC(=O)NC(=O)CCCCCCCCC(=O)NC(=O)CCCCCCC/C=C\CCCCCCCC. The molecule has 0 bridgehead atoms. The number of unbranched alkanes of at least 4 members (excludes halogenated alkanes) is 27. The maximum atomic E-state index is 12.1. The molecule has 0 aromatic rings. The van der Waals surface area contributed by atoms with Gasteiger partial charge in [0.15, 0.2) is 0 Å². The zero-order valence-electron chi connectivity index (χ0n) is 34.4. The van der Waals surface area contributed by atoms with Crippen LogP contribution in [0.3, 0.4) is 0 Å². The lowest BCUT2D eigenvalue weighted by atomic mass is 10.1. The molecule has 0 atom stereocenters. The van der Waals surface area contributed by atoms with Crippen molar-refractivity contribution in [2.24, 2.45) is 0 Å². The van der Waals surface area contributed by atoms with E-state index in [2.05, 4.69) is 48.8 Å². The van der Waals surface area contributed by atoms with Gasteiger partial charge in [0, 0.05) is 25.7 Å². The summed E-state index contributed by atoms with van der Waals surface area (Å²) in [5.74, 6) is -0.624. The fourth-order valence-corrected chi connectivity index (χ4v) is 6.55. The standard InChI is InChI=1S/C46H84N2O4/c1-3-5-7-9-11-13-15-17-19-21-23-25-27-31-35-39-43(49)47-45(51)41-37-33-29-30-34-38-42-46(52)48-44(50)40-36-32-28-26-24-22-20-18-16-14-12-10-8-6-4-2/h17-20H,3-16,21-42H2,1-2H3,(H,47,49,51)(H,48,50,52)/b19-17-,20-18-. The molecule has 0 rings (SSSR count). The lowest BCUT2D eigenvalue weighted by Gasteiger charge is -2.06. The van der Waals surface area contributed by atoms with Gasteiger partial charge in [0.25, 0.3) is 0 Å². The molecule has 302 valence electrons. The quantitative estimate of drug-likeness (QED) is 0.0487. The monoisotopic (exact) mass is 729 g/mol. The third kappa shape index (κ3) is 40.5. The summed E-state index contributed by atoms with van der Waals surface area (Å²) in [4.78, 5) is 48.4. The molecule has 52 heavy (non-hydrogen) atoms. The van der Waals surface area contributed by atoms with E-state index in [9.17, 15) is 19.2 Å². The van der Waals surface area contributed by atoms with Crippen molar-refractivity contribution >= 4 is 23.6 Å². The first-order valence-corrected chi connectivity index (χ1v) is 22.4. The Labute approximate surface area is 322 Å². The van der Waals surface area contributed by atoms with Crippen LogP contribution in [0.2, 0.25) is 0 Å². The van der Waals surface area contributed by atoms with Gasteiger partial charge < -0.3 is 0 Å². The van der Waals surface area contributed by atoms with E-state index in [0.717, 1.165) is 89.9 Å². The molecule has 0 radical (unpaired) electrons. The topological polar surface area (TPSA) is 92.3 Å². The highest BCUT2D eigenvalue weighted by Crippen LogP contribution is 2.13. The van der Waals surface area contributed by atoms with Crippen LogP contribution >= 0.6 is 0 Å². The van der Waals surface area contributed by atoms with Crippen LogP contribution in [0.25, 0.3) is 0 Å². The molecule has 6 nitrogen and oxygen atoms in total. The molecule has 0 saturated carbocycles. The minimum absolute atomic E-state index is 0.146. The molecule has 0 fully saturated rings. The number of nitrogens with one attached hydrogen (secondary N) is 2. The van der Waals surface area contributed by atoms with Crippen LogP contribution in [0.15, 0.2) is 24.3 Å². The second-order valence-electron chi connectivity index (χ2n) is 15.2. The Morgan fingerprint density at radius 1 is 0.288 bits per heavy atom. The Balaban J connectivity index is 3.48. The number of hydrogen-bond donors (Lipinski definition) is 2. The maximum Gasteiger partial charge on any atom is 0.226 e. The zero-order chi connectivity index (χ0) is 38.0. The van der Waals surface area contributed by atoms with Crippen molar-refractivity contribution < 1.29 is 19.2 Å². The predicted octanol–water partition coefficient (Wildman–Crippen LogP) is 13.5. The highest BCUT2D eigenvalue weighted by Gasteiger charge is 2.09. The van der Waals surface area contributed by atoms with Gasteiger partial charge in [-0.3, -0.25) is 29.8 Å². The van der Waals surface area contributed by atoms with Gasteiger partial charge >= 0.3 is 0 Å². The third-order valence-electron chi connectivity index (χ3n) is 9.95. The fraction of sp³-hybridized carbons (Fsp3) is 0.826. The Hall–Kier alpha value is -2.24. The number of hydrogen-bond acceptors (Lipinski definition) is 4. The van der Waals surface area contributed by atoms with E-state index in [4.69, 9.17) is 0 Å². The van der Waals surface area contributed by atoms with E-state index in [-0.39, 0.29) is 23.6 Å². The maximum absolute atomic E-state index is 12.1. The molecule has 0 aromatic heterocycles. The Kier molecular flexibility index (Phi) is 39.7. The number of carbonyl (C=O) groups is 4. The minimum atomic E-state index is -0.166. The molecule has 0 unspecified atom stereocenters. The summed E-state index contributed by atoms with van der Waals surface area (Å²) in [6.45, 7) is 4.52. The van der Waals surface area contributed by atoms with Crippen LogP contribution in [0.4, 0.5) is 0 Å². The van der Waals surface area contributed by atoms with Gasteiger partial charge in [-0.05, 0) is 77.0 Å². The smallest absolute Gasteiger partial charge is 0.226 e. The van der Waals surface area contributed by atoms with Gasteiger partial charge in [0.2, 0.25) is 23.6 Å². The first-order valence-electron chi connectivity index (χ1n) is 22.4. The van der Waals surface area contributed by atoms with Crippen molar-refractivity contribution in [1.29, 1.82) is 0 Å². The minimum Gasteiger partial charge on any atom is -0.296 e. The molecular formula is C46H84N2O4. The largest absolute Gasteiger partial charge is 0.296 e. The second kappa shape index (κ2) is 41.5. The van der Waals surface area contributed by atoms with E-state index < -0.39 is 0 Å². The summed E-state index contributed by atoms with van der Waals surface area (Å²) in [5, 5.41) is 5.09. The molecule has 0 spiro atoms. The normalized spacial score (nSPS) is 11.5. The third-order valence-corrected chi connectivity index (χ3v) is 9.95. The lowest BCUT2D eigenvalue weighted by Crippen LogP contribution is -2.29. The van der Waals surface area contributed by atoms with Crippen LogP contribution in [0.1, 0.15) is 245 Å². The van der Waals surface area contributed by atoms with Crippen molar-refractivity contribution in [2.75, 3.05) is 0 Å². The highest BCUT2D eigenvalue weighted by atomic mass is 16.2. The summed E-state index contributed by atoms with van der Waals surface area (Å²) in [5.41, 5.74) is 0. The van der Waals surface area contributed by atoms with Crippen molar-refractivity contribution in [3.8, 4) is 0 Å². The van der Waals surface area contributed by atoms with Gasteiger partial charge in [0.05, 0.1) is 0 Å². The van der Waals surface area contributed by atoms with Crippen molar-refractivity contribution in [1.82, 2.24) is 10.6 Å².